The van der Waals surface area contributed by atoms with Crippen LogP contribution in [0.4, 0.5) is 0 Å². The third-order valence-electron chi connectivity index (χ3n) is 3.41. The Bertz CT molecular complexity index is 633. The second-order valence-corrected chi connectivity index (χ2v) is 5.70. The minimum Gasteiger partial charge on any atom is -0.463 e. The molecule has 1 aliphatic rings. The molecule has 1 amide bonds. The largest absolute Gasteiger partial charge is 0.463 e. The predicted octanol–water partition coefficient (Wildman–Crippen LogP) is -2.08. The highest BCUT2D eigenvalue weighted by molar-refractivity contribution is 5.83. The van der Waals surface area contributed by atoms with Crippen molar-refractivity contribution in [1.29, 1.82) is 0 Å². The number of amides is 1. The molecule has 0 aromatic rings. The lowest BCUT2D eigenvalue weighted by atomic mass is 9.91. The summed E-state index contributed by atoms with van der Waals surface area (Å²) in [6.45, 7) is 3.47. The van der Waals surface area contributed by atoms with E-state index in [9.17, 15) is 29.1 Å². The summed E-state index contributed by atoms with van der Waals surface area (Å²) in [6.07, 6.45) is -6.59. The lowest BCUT2D eigenvalue weighted by Crippen LogP contribution is -2.71. The van der Waals surface area contributed by atoms with E-state index in [0.717, 1.165) is 27.7 Å². The van der Waals surface area contributed by atoms with E-state index in [1.807, 2.05) is 0 Å². The molecule has 0 spiro atoms. The second kappa shape index (κ2) is 8.77. The van der Waals surface area contributed by atoms with Crippen LogP contribution in [0.15, 0.2) is 0 Å². The number of nitrogens with two attached hydrogens (primary N) is 1. The summed E-state index contributed by atoms with van der Waals surface area (Å²) in [5.74, 6) is -7.89. The van der Waals surface area contributed by atoms with Gasteiger partial charge in [0.1, 0.15) is 12.7 Å². The fourth-order valence-electron chi connectivity index (χ4n) is 2.48. The first-order valence-corrected chi connectivity index (χ1v) is 7.73. The maximum atomic E-state index is 11.8. The molecule has 0 radical (unpaired) electrons. The van der Waals surface area contributed by atoms with E-state index in [-0.39, 0.29) is 0 Å². The highest BCUT2D eigenvalue weighted by Gasteiger charge is 2.62. The number of carbonyl (C=O) groups is 5. The van der Waals surface area contributed by atoms with Crippen LogP contribution in [0.2, 0.25) is 0 Å². The zero-order valence-corrected chi connectivity index (χ0v) is 15.1. The molecule has 5 unspecified atom stereocenters. The van der Waals surface area contributed by atoms with Crippen LogP contribution in [0.3, 0.4) is 0 Å². The zero-order chi connectivity index (χ0) is 20.9. The fourth-order valence-corrected chi connectivity index (χ4v) is 2.48. The summed E-state index contributed by atoms with van der Waals surface area (Å²) in [4.78, 5) is 57.3. The minimum absolute atomic E-state index is 0.590. The molecule has 152 valence electrons. The van der Waals surface area contributed by atoms with Crippen LogP contribution in [0, 0.1) is 0 Å². The van der Waals surface area contributed by atoms with Crippen molar-refractivity contribution in [1.82, 2.24) is 0 Å². The van der Waals surface area contributed by atoms with Crippen LogP contribution in [0.5, 0.6) is 0 Å². The molecule has 1 saturated heterocycles. The Balaban J connectivity index is 3.43. The van der Waals surface area contributed by atoms with Gasteiger partial charge in [-0.05, 0) is 0 Å². The first-order valence-electron chi connectivity index (χ1n) is 7.73. The van der Waals surface area contributed by atoms with E-state index in [0.29, 0.717) is 0 Å². The smallest absolute Gasteiger partial charge is 0.303 e. The summed E-state index contributed by atoms with van der Waals surface area (Å²) < 4.78 is 24.9. The van der Waals surface area contributed by atoms with Gasteiger partial charge in [-0.15, -0.1) is 0 Å². The lowest BCUT2D eigenvalue weighted by Gasteiger charge is -2.46. The van der Waals surface area contributed by atoms with Crippen molar-refractivity contribution in [3.05, 3.63) is 0 Å². The van der Waals surface area contributed by atoms with Crippen molar-refractivity contribution in [2.24, 2.45) is 5.73 Å². The third kappa shape index (κ3) is 5.62. The molecule has 0 aromatic heterocycles. The van der Waals surface area contributed by atoms with Crippen LogP contribution < -0.4 is 5.73 Å². The van der Waals surface area contributed by atoms with Crippen molar-refractivity contribution >= 4 is 29.8 Å². The number of hydrogen-bond donors (Lipinski definition) is 2. The van der Waals surface area contributed by atoms with E-state index < -0.39 is 66.6 Å². The van der Waals surface area contributed by atoms with E-state index in [1.165, 1.54) is 0 Å². The van der Waals surface area contributed by atoms with Gasteiger partial charge in [0, 0.05) is 27.7 Å². The van der Waals surface area contributed by atoms with Crippen molar-refractivity contribution in [2.75, 3.05) is 6.61 Å². The van der Waals surface area contributed by atoms with Gasteiger partial charge in [-0.2, -0.15) is 0 Å². The molecular formula is C15H21NO11. The Morgan fingerprint density at radius 3 is 1.78 bits per heavy atom. The lowest BCUT2D eigenvalue weighted by molar-refractivity contribution is -0.334. The Kier molecular flexibility index (Phi) is 7.25. The SMILES string of the molecule is CC(=O)OCC1OC(O)(C(N)=O)C(OC(C)=O)C(OC(C)=O)C1OC(C)=O. The highest BCUT2D eigenvalue weighted by Crippen LogP contribution is 2.34. The standard InChI is InChI=1S/C15H21NO11/c1-6(17)23-5-10-11(24-7(2)18)12(25-8(3)19)13(26-9(4)20)15(22,27-10)14(16)21/h10-13,22H,5H2,1-4H3,(H2,16,21). The molecule has 1 aliphatic heterocycles. The second-order valence-electron chi connectivity index (χ2n) is 5.70. The molecule has 0 aromatic carbocycles. The maximum Gasteiger partial charge on any atom is 0.303 e. The third-order valence-corrected chi connectivity index (χ3v) is 3.41. The van der Waals surface area contributed by atoms with Crippen molar-refractivity contribution < 1.29 is 52.8 Å². The predicted molar refractivity (Wildman–Crippen MR) is 82.3 cm³/mol. The van der Waals surface area contributed by atoms with Gasteiger partial charge < -0.3 is 34.5 Å². The van der Waals surface area contributed by atoms with Gasteiger partial charge in [-0.3, -0.25) is 24.0 Å². The number of esters is 4. The fraction of sp³-hybridized carbons (Fsp3) is 0.667. The van der Waals surface area contributed by atoms with Crippen molar-refractivity contribution in [3.8, 4) is 0 Å². The molecule has 0 aliphatic carbocycles. The van der Waals surface area contributed by atoms with Gasteiger partial charge >= 0.3 is 23.9 Å². The number of primary amides is 1. The summed E-state index contributed by atoms with van der Waals surface area (Å²) in [5, 5.41) is 10.6. The minimum atomic E-state index is -2.95. The highest BCUT2D eigenvalue weighted by atomic mass is 16.7. The molecular weight excluding hydrogens is 370 g/mol. The Morgan fingerprint density at radius 2 is 1.37 bits per heavy atom. The van der Waals surface area contributed by atoms with Gasteiger partial charge in [0.05, 0.1) is 0 Å². The number of hydrogen-bond acceptors (Lipinski definition) is 11. The maximum absolute atomic E-state index is 11.8. The van der Waals surface area contributed by atoms with Crippen LogP contribution >= 0.6 is 0 Å². The number of carbonyl (C=O) groups excluding carboxylic acids is 5. The average Bonchev–Trinajstić information content (AvgIpc) is 2.50. The molecule has 1 rings (SSSR count). The van der Waals surface area contributed by atoms with Crippen molar-refractivity contribution in [2.45, 2.75) is 57.9 Å². The molecule has 0 bridgehead atoms. The molecule has 5 atom stereocenters. The van der Waals surface area contributed by atoms with Crippen LogP contribution in [0.1, 0.15) is 27.7 Å². The van der Waals surface area contributed by atoms with Gasteiger partial charge in [0.15, 0.2) is 12.2 Å². The summed E-state index contributed by atoms with van der Waals surface area (Å²) in [7, 11) is 0. The number of ether oxygens (including phenoxy) is 5. The molecule has 1 heterocycles. The Hall–Kier alpha value is -2.73. The molecule has 27 heavy (non-hydrogen) atoms. The van der Waals surface area contributed by atoms with Crippen LogP contribution in [-0.4, -0.2) is 71.7 Å². The monoisotopic (exact) mass is 391 g/mol. The molecule has 0 saturated carbocycles. The first-order chi connectivity index (χ1) is 12.4. The zero-order valence-electron chi connectivity index (χ0n) is 15.1. The Labute approximate surface area is 153 Å². The van der Waals surface area contributed by atoms with Crippen LogP contribution in [-0.2, 0) is 47.7 Å². The van der Waals surface area contributed by atoms with Crippen molar-refractivity contribution in [3.63, 3.8) is 0 Å². The van der Waals surface area contributed by atoms with Gasteiger partial charge in [-0.1, -0.05) is 0 Å². The quantitative estimate of drug-likeness (QED) is 0.375. The van der Waals surface area contributed by atoms with E-state index in [2.05, 4.69) is 0 Å². The number of rotatable bonds is 6. The summed E-state index contributed by atoms with van der Waals surface area (Å²) >= 11 is 0. The first kappa shape index (κ1) is 22.3. The number of aliphatic hydroxyl groups is 1. The van der Waals surface area contributed by atoms with E-state index in [4.69, 9.17) is 29.4 Å². The summed E-state index contributed by atoms with van der Waals surface area (Å²) in [6, 6.07) is 0. The summed E-state index contributed by atoms with van der Waals surface area (Å²) in [5.41, 5.74) is 5.16. The van der Waals surface area contributed by atoms with Gasteiger partial charge in [-0.25, -0.2) is 0 Å². The molecule has 3 N–H and O–H groups in total. The molecule has 1 fully saturated rings. The van der Waals surface area contributed by atoms with E-state index >= 15 is 0 Å². The molecule has 12 heteroatoms. The average molecular weight is 391 g/mol. The topological polar surface area (TPSA) is 178 Å². The van der Waals surface area contributed by atoms with Gasteiger partial charge in [0.2, 0.25) is 6.10 Å². The normalized spacial score (nSPS) is 30.0. The van der Waals surface area contributed by atoms with E-state index in [1.54, 1.807) is 0 Å². The molecule has 12 nitrogen and oxygen atoms in total. The Morgan fingerprint density at radius 1 is 0.889 bits per heavy atom. The van der Waals surface area contributed by atoms with Gasteiger partial charge in [0.25, 0.3) is 11.7 Å². The van der Waals surface area contributed by atoms with Crippen LogP contribution in [0.25, 0.3) is 0 Å².